The number of nitrogens with zero attached hydrogens (tertiary/aromatic N) is 3. The molecule has 6 heteroatoms. The Morgan fingerprint density at radius 1 is 1.12 bits per heavy atom. The zero-order valence-electron chi connectivity index (χ0n) is 14.3. The van der Waals surface area contributed by atoms with Gasteiger partial charge in [-0.1, -0.05) is 30.3 Å². The number of benzene rings is 2. The molecule has 0 unspecified atom stereocenters. The van der Waals surface area contributed by atoms with E-state index < -0.39 is 5.97 Å². The van der Waals surface area contributed by atoms with Gasteiger partial charge in [-0.15, -0.1) is 0 Å². The van der Waals surface area contributed by atoms with E-state index in [4.69, 9.17) is 0 Å². The van der Waals surface area contributed by atoms with Gasteiger partial charge in [0.1, 0.15) is 17.5 Å². The van der Waals surface area contributed by atoms with Gasteiger partial charge in [0.15, 0.2) is 0 Å². The number of nitrogens with one attached hydrogen (secondary N) is 1. The lowest BCUT2D eigenvalue weighted by Crippen LogP contribution is -2.16. The van der Waals surface area contributed by atoms with Crippen LogP contribution in [-0.2, 0) is 6.42 Å². The molecule has 2 heterocycles. The molecule has 0 atom stereocenters. The molecule has 0 amide bonds. The first-order valence-corrected chi connectivity index (χ1v) is 8.42. The molecule has 0 aliphatic carbocycles. The largest absolute Gasteiger partial charge is 0.478 e. The zero-order valence-corrected chi connectivity index (χ0v) is 14.3. The number of carboxylic acids is 1. The topological polar surface area (TPSA) is 78.3 Å². The predicted molar refractivity (Wildman–Crippen MR) is 101 cm³/mol. The molecule has 2 N–H and O–H groups in total. The molecule has 2 aromatic carbocycles. The highest BCUT2D eigenvalue weighted by molar-refractivity contribution is 5.95. The molecule has 26 heavy (non-hydrogen) atoms. The Morgan fingerprint density at radius 3 is 2.73 bits per heavy atom. The van der Waals surface area contributed by atoms with E-state index in [9.17, 15) is 9.90 Å². The highest BCUT2D eigenvalue weighted by atomic mass is 16.4. The molecule has 130 valence electrons. The van der Waals surface area contributed by atoms with Gasteiger partial charge in [0.05, 0.1) is 11.3 Å². The molecule has 0 bridgehead atoms. The van der Waals surface area contributed by atoms with Crippen molar-refractivity contribution in [1.82, 2.24) is 9.97 Å². The average molecular weight is 346 g/mol. The number of carboxylic acid groups (broad SMARTS) is 1. The number of aromatic nitrogens is 2. The normalized spacial score (nSPS) is 12.7. The Balaban J connectivity index is 1.69. The van der Waals surface area contributed by atoms with E-state index in [-0.39, 0.29) is 5.56 Å². The van der Waals surface area contributed by atoms with Gasteiger partial charge in [0, 0.05) is 18.3 Å². The predicted octanol–water partition coefficient (Wildman–Crippen LogP) is 3.92. The van der Waals surface area contributed by atoms with Crippen molar-refractivity contribution in [3.05, 3.63) is 71.5 Å². The summed E-state index contributed by atoms with van der Waals surface area (Å²) in [5.41, 5.74) is 3.17. The maximum absolute atomic E-state index is 11.4. The molecule has 0 radical (unpaired) electrons. The summed E-state index contributed by atoms with van der Waals surface area (Å²) in [6.45, 7) is 2.70. The van der Waals surface area contributed by atoms with Crippen LogP contribution in [0, 0.1) is 6.92 Å². The van der Waals surface area contributed by atoms with Crippen molar-refractivity contribution in [3.63, 3.8) is 0 Å². The Morgan fingerprint density at radius 2 is 1.88 bits per heavy atom. The molecule has 0 saturated heterocycles. The van der Waals surface area contributed by atoms with Crippen LogP contribution < -0.4 is 10.2 Å². The Bertz CT molecular complexity index is 987. The van der Waals surface area contributed by atoms with E-state index in [0.29, 0.717) is 17.3 Å². The summed E-state index contributed by atoms with van der Waals surface area (Å²) in [5, 5.41) is 12.5. The Labute approximate surface area is 151 Å². The molecule has 1 aliphatic rings. The first kappa shape index (κ1) is 16.1. The van der Waals surface area contributed by atoms with Gasteiger partial charge in [0.2, 0.25) is 0 Å². The smallest absolute Gasteiger partial charge is 0.337 e. The standard InChI is InChI=1S/C20H18N4O2/c1-13-21-18(23-16-8-4-3-7-15(16)20(25)26)12-19(22-13)24-11-10-14-6-2-5-9-17(14)24/h2-9,12H,10-11H2,1H3,(H,25,26)(H,21,22,23). The number of anilines is 4. The molecule has 3 aromatic rings. The highest BCUT2D eigenvalue weighted by Gasteiger charge is 2.21. The molecule has 1 aromatic heterocycles. The van der Waals surface area contributed by atoms with Crippen LogP contribution in [-0.4, -0.2) is 27.6 Å². The third-order valence-electron chi connectivity index (χ3n) is 4.41. The van der Waals surface area contributed by atoms with Gasteiger partial charge >= 0.3 is 5.97 Å². The molecular weight excluding hydrogens is 328 g/mol. The van der Waals surface area contributed by atoms with E-state index in [0.717, 1.165) is 24.5 Å². The monoisotopic (exact) mass is 346 g/mol. The molecule has 1 aliphatic heterocycles. The van der Waals surface area contributed by atoms with Gasteiger partial charge in [-0.2, -0.15) is 0 Å². The van der Waals surface area contributed by atoms with Gasteiger partial charge in [-0.25, -0.2) is 14.8 Å². The molecular formula is C20H18N4O2. The second kappa shape index (κ2) is 6.48. The quantitative estimate of drug-likeness (QED) is 0.745. The van der Waals surface area contributed by atoms with Crippen LogP contribution >= 0.6 is 0 Å². The summed E-state index contributed by atoms with van der Waals surface area (Å²) in [6, 6.07) is 16.9. The fraction of sp³-hybridized carbons (Fsp3) is 0.150. The minimum atomic E-state index is -0.979. The van der Waals surface area contributed by atoms with Crippen LogP contribution in [0.25, 0.3) is 0 Å². The first-order chi connectivity index (χ1) is 12.6. The van der Waals surface area contributed by atoms with Crippen molar-refractivity contribution in [2.45, 2.75) is 13.3 Å². The number of aryl methyl sites for hydroxylation is 1. The summed E-state index contributed by atoms with van der Waals surface area (Å²) in [6.07, 6.45) is 0.976. The second-order valence-corrected chi connectivity index (χ2v) is 6.16. The summed E-state index contributed by atoms with van der Waals surface area (Å²) < 4.78 is 0. The maximum atomic E-state index is 11.4. The van der Waals surface area contributed by atoms with Crippen molar-refractivity contribution < 1.29 is 9.90 Å². The average Bonchev–Trinajstić information content (AvgIpc) is 3.05. The van der Waals surface area contributed by atoms with Crippen molar-refractivity contribution in [2.24, 2.45) is 0 Å². The number of aromatic carboxylic acids is 1. The lowest BCUT2D eigenvalue weighted by Gasteiger charge is -2.20. The lowest BCUT2D eigenvalue weighted by atomic mass is 10.2. The van der Waals surface area contributed by atoms with E-state index in [1.807, 2.05) is 25.1 Å². The number of hydrogen-bond acceptors (Lipinski definition) is 5. The number of hydrogen-bond donors (Lipinski definition) is 2. The van der Waals surface area contributed by atoms with Crippen LogP contribution in [0.3, 0.4) is 0 Å². The van der Waals surface area contributed by atoms with Crippen LogP contribution in [0.2, 0.25) is 0 Å². The molecule has 6 nitrogen and oxygen atoms in total. The SMILES string of the molecule is Cc1nc(Nc2ccccc2C(=O)O)cc(N2CCc3ccccc32)n1. The van der Waals surface area contributed by atoms with Gasteiger partial charge in [-0.05, 0) is 37.1 Å². The molecule has 0 spiro atoms. The summed E-state index contributed by atoms with van der Waals surface area (Å²) in [5.74, 6) is 1.03. The van der Waals surface area contributed by atoms with Crippen LogP contribution in [0.1, 0.15) is 21.7 Å². The summed E-state index contributed by atoms with van der Waals surface area (Å²) in [4.78, 5) is 22.6. The molecule has 0 fully saturated rings. The van der Waals surface area contributed by atoms with Crippen LogP contribution in [0.4, 0.5) is 23.0 Å². The van der Waals surface area contributed by atoms with Crippen LogP contribution in [0.5, 0.6) is 0 Å². The fourth-order valence-electron chi connectivity index (χ4n) is 3.25. The lowest BCUT2D eigenvalue weighted by molar-refractivity contribution is 0.0698. The number of para-hydroxylation sites is 2. The number of rotatable bonds is 4. The van der Waals surface area contributed by atoms with Gasteiger partial charge < -0.3 is 15.3 Å². The zero-order chi connectivity index (χ0) is 18.1. The summed E-state index contributed by atoms with van der Waals surface area (Å²) in [7, 11) is 0. The number of carbonyl (C=O) groups is 1. The first-order valence-electron chi connectivity index (χ1n) is 8.42. The van der Waals surface area contributed by atoms with E-state index in [1.165, 1.54) is 5.56 Å². The fourth-order valence-corrected chi connectivity index (χ4v) is 3.25. The molecule has 4 rings (SSSR count). The third kappa shape index (κ3) is 2.97. The molecule has 0 saturated carbocycles. The Kier molecular flexibility index (Phi) is 4.01. The van der Waals surface area contributed by atoms with Crippen molar-refractivity contribution in [1.29, 1.82) is 0 Å². The van der Waals surface area contributed by atoms with Crippen molar-refractivity contribution in [3.8, 4) is 0 Å². The van der Waals surface area contributed by atoms with Crippen molar-refractivity contribution in [2.75, 3.05) is 16.8 Å². The Hall–Kier alpha value is -3.41. The van der Waals surface area contributed by atoms with Crippen molar-refractivity contribution >= 4 is 29.0 Å². The minimum Gasteiger partial charge on any atom is -0.478 e. The van der Waals surface area contributed by atoms with Gasteiger partial charge in [-0.3, -0.25) is 0 Å². The maximum Gasteiger partial charge on any atom is 0.337 e. The minimum absolute atomic E-state index is 0.205. The van der Waals surface area contributed by atoms with E-state index >= 15 is 0 Å². The van der Waals surface area contributed by atoms with E-state index in [1.54, 1.807) is 24.3 Å². The third-order valence-corrected chi connectivity index (χ3v) is 4.41. The second-order valence-electron chi connectivity index (χ2n) is 6.16. The van der Waals surface area contributed by atoms with Gasteiger partial charge in [0.25, 0.3) is 0 Å². The van der Waals surface area contributed by atoms with Crippen LogP contribution in [0.15, 0.2) is 54.6 Å². The highest BCUT2D eigenvalue weighted by Crippen LogP contribution is 2.34. The number of fused-ring (bicyclic) bond motifs is 1. The summed E-state index contributed by atoms with van der Waals surface area (Å²) >= 11 is 0. The van der Waals surface area contributed by atoms with E-state index in [2.05, 4.69) is 32.3 Å².